The molecule has 0 saturated heterocycles. The second kappa shape index (κ2) is 5.25. The molecule has 0 saturated carbocycles. The summed E-state index contributed by atoms with van der Waals surface area (Å²) in [7, 11) is 0. The number of nitrogens with zero attached hydrogens (tertiary/aromatic N) is 1. The number of carboxylic acids is 1. The maximum atomic E-state index is 10.6. The topological polar surface area (TPSA) is 42.2 Å². The number of aromatic nitrogens is 1. The van der Waals surface area contributed by atoms with Crippen LogP contribution < -0.4 is 0 Å². The molecule has 3 nitrogen and oxygen atoms in total. The van der Waals surface area contributed by atoms with Crippen molar-refractivity contribution >= 4 is 16.9 Å². The third-order valence-electron chi connectivity index (χ3n) is 3.03. The summed E-state index contributed by atoms with van der Waals surface area (Å²) in [5.41, 5.74) is 2.29. The summed E-state index contributed by atoms with van der Waals surface area (Å²) in [5, 5.41) is 9.93. The van der Waals surface area contributed by atoms with Crippen LogP contribution in [0.3, 0.4) is 0 Å². The van der Waals surface area contributed by atoms with Crippen molar-refractivity contribution in [3.63, 3.8) is 0 Å². The van der Waals surface area contributed by atoms with Crippen molar-refractivity contribution in [2.45, 2.75) is 33.2 Å². The van der Waals surface area contributed by atoms with E-state index in [2.05, 4.69) is 42.8 Å². The summed E-state index contributed by atoms with van der Waals surface area (Å²) >= 11 is 0. The first-order valence-corrected chi connectivity index (χ1v) is 6.36. The van der Waals surface area contributed by atoms with Gasteiger partial charge in [-0.2, -0.15) is 0 Å². The maximum Gasteiger partial charge on any atom is 0.303 e. The first-order chi connectivity index (χ1) is 8.56. The van der Waals surface area contributed by atoms with Crippen LogP contribution in [0.2, 0.25) is 0 Å². The number of carbonyl (C=O) groups is 1. The number of hydrogen-bond acceptors (Lipinski definition) is 1. The number of fused-ring (bicyclic) bond motifs is 1. The minimum atomic E-state index is -0.743. The van der Waals surface area contributed by atoms with Crippen LogP contribution in [-0.2, 0) is 17.8 Å². The average molecular weight is 245 g/mol. The number of benzene rings is 1. The molecule has 0 atom stereocenters. The zero-order valence-corrected chi connectivity index (χ0v) is 10.9. The Bertz CT molecular complexity index is 555. The molecule has 96 valence electrons. The van der Waals surface area contributed by atoms with Gasteiger partial charge < -0.3 is 9.67 Å². The van der Waals surface area contributed by atoms with Gasteiger partial charge in [0.05, 0.1) is 0 Å². The zero-order chi connectivity index (χ0) is 13.1. The number of aliphatic carboxylic acids is 1. The van der Waals surface area contributed by atoms with Crippen molar-refractivity contribution in [2.75, 3.05) is 0 Å². The monoisotopic (exact) mass is 245 g/mol. The van der Waals surface area contributed by atoms with Gasteiger partial charge in [0.1, 0.15) is 0 Å². The normalized spacial score (nSPS) is 11.3. The van der Waals surface area contributed by atoms with E-state index in [1.807, 2.05) is 6.07 Å². The van der Waals surface area contributed by atoms with E-state index in [9.17, 15) is 4.79 Å². The van der Waals surface area contributed by atoms with Crippen LogP contribution >= 0.6 is 0 Å². The second-order valence-electron chi connectivity index (χ2n) is 5.15. The molecular weight excluding hydrogens is 226 g/mol. The molecule has 0 bridgehead atoms. The molecule has 0 unspecified atom stereocenters. The number of hydrogen-bond donors (Lipinski definition) is 1. The van der Waals surface area contributed by atoms with Gasteiger partial charge in [-0.1, -0.05) is 26.0 Å². The van der Waals surface area contributed by atoms with Crippen LogP contribution in [0.15, 0.2) is 30.5 Å². The van der Waals surface area contributed by atoms with Gasteiger partial charge in [-0.15, -0.1) is 0 Å². The minimum absolute atomic E-state index is 0.191. The van der Waals surface area contributed by atoms with E-state index in [4.69, 9.17) is 5.11 Å². The first-order valence-electron chi connectivity index (χ1n) is 6.36. The Labute approximate surface area is 107 Å². The van der Waals surface area contributed by atoms with Crippen molar-refractivity contribution in [1.82, 2.24) is 4.57 Å². The summed E-state index contributed by atoms with van der Waals surface area (Å²) in [5.74, 6) is -0.143. The van der Waals surface area contributed by atoms with Crippen molar-refractivity contribution in [3.8, 4) is 0 Å². The highest BCUT2D eigenvalue weighted by molar-refractivity contribution is 5.81. The van der Waals surface area contributed by atoms with Gasteiger partial charge in [-0.25, -0.2) is 0 Å². The quantitative estimate of drug-likeness (QED) is 0.878. The van der Waals surface area contributed by atoms with Crippen LogP contribution in [0.25, 0.3) is 10.9 Å². The number of carboxylic acid groups (broad SMARTS) is 1. The Kier molecular flexibility index (Phi) is 3.70. The van der Waals surface area contributed by atoms with E-state index in [1.54, 1.807) is 0 Å². The SMILES string of the molecule is CC(C)Cn1ccc2ccc(CCC(=O)O)cc21. The molecule has 0 aliphatic heterocycles. The van der Waals surface area contributed by atoms with Crippen molar-refractivity contribution < 1.29 is 9.90 Å². The molecule has 0 aliphatic rings. The second-order valence-corrected chi connectivity index (χ2v) is 5.15. The number of aryl methyl sites for hydroxylation is 1. The van der Waals surface area contributed by atoms with E-state index in [0.717, 1.165) is 12.1 Å². The largest absolute Gasteiger partial charge is 0.481 e. The molecule has 18 heavy (non-hydrogen) atoms. The number of rotatable bonds is 5. The Hall–Kier alpha value is -1.77. The van der Waals surface area contributed by atoms with Gasteiger partial charge in [0.15, 0.2) is 0 Å². The summed E-state index contributed by atoms with van der Waals surface area (Å²) in [6, 6.07) is 8.31. The molecule has 1 aromatic heterocycles. The highest BCUT2D eigenvalue weighted by atomic mass is 16.4. The Morgan fingerprint density at radius 3 is 2.78 bits per heavy atom. The molecule has 0 amide bonds. The lowest BCUT2D eigenvalue weighted by Crippen LogP contribution is -2.03. The fourth-order valence-corrected chi connectivity index (χ4v) is 2.19. The summed E-state index contributed by atoms with van der Waals surface area (Å²) in [6.07, 6.45) is 2.89. The summed E-state index contributed by atoms with van der Waals surface area (Å²) in [4.78, 5) is 10.6. The first kappa shape index (κ1) is 12.7. The highest BCUT2D eigenvalue weighted by Gasteiger charge is 2.05. The lowest BCUT2D eigenvalue weighted by molar-refractivity contribution is -0.136. The van der Waals surface area contributed by atoms with Crippen molar-refractivity contribution in [3.05, 3.63) is 36.0 Å². The Morgan fingerprint density at radius 2 is 2.11 bits per heavy atom. The van der Waals surface area contributed by atoms with E-state index >= 15 is 0 Å². The average Bonchev–Trinajstić information content (AvgIpc) is 2.68. The molecule has 0 radical (unpaired) electrons. The van der Waals surface area contributed by atoms with Gasteiger partial charge in [0.25, 0.3) is 0 Å². The molecule has 0 aliphatic carbocycles. The molecular formula is C15H19NO2. The maximum absolute atomic E-state index is 10.6. The van der Waals surface area contributed by atoms with Crippen LogP contribution in [0.1, 0.15) is 25.8 Å². The van der Waals surface area contributed by atoms with Crippen LogP contribution in [0.4, 0.5) is 0 Å². The zero-order valence-electron chi connectivity index (χ0n) is 10.9. The molecule has 1 N–H and O–H groups in total. The molecule has 2 rings (SSSR count). The predicted molar refractivity (Wildman–Crippen MR) is 72.7 cm³/mol. The molecule has 1 heterocycles. The van der Waals surface area contributed by atoms with Gasteiger partial charge in [-0.05, 0) is 35.4 Å². The fraction of sp³-hybridized carbons (Fsp3) is 0.400. The van der Waals surface area contributed by atoms with E-state index in [-0.39, 0.29) is 6.42 Å². The third kappa shape index (κ3) is 2.92. The van der Waals surface area contributed by atoms with E-state index in [0.29, 0.717) is 12.3 Å². The van der Waals surface area contributed by atoms with Gasteiger partial charge in [0.2, 0.25) is 0 Å². The molecule has 0 fully saturated rings. The van der Waals surface area contributed by atoms with E-state index in [1.165, 1.54) is 10.9 Å². The summed E-state index contributed by atoms with van der Waals surface area (Å²) in [6.45, 7) is 5.38. The van der Waals surface area contributed by atoms with E-state index < -0.39 is 5.97 Å². The summed E-state index contributed by atoms with van der Waals surface area (Å²) < 4.78 is 2.24. The van der Waals surface area contributed by atoms with Gasteiger partial charge in [0, 0.05) is 24.7 Å². The molecule has 0 spiro atoms. The minimum Gasteiger partial charge on any atom is -0.481 e. The van der Waals surface area contributed by atoms with Crippen LogP contribution in [0.5, 0.6) is 0 Å². The lowest BCUT2D eigenvalue weighted by Gasteiger charge is -2.09. The predicted octanol–water partition coefficient (Wildman–Crippen LogP) is 3.31. The van der Waals surface area contributed by atoms with Crippen molar-refractivity contribution in [1.29, 1.82) is 0 Å². The van der Waals surface area contributed by atoms with Crippen molar-refractivity contribution in [2.24, 2.45) is 5.92 Å². The molecule has 1 aromatic carbocycles. The fourth-order valence-electron chi connectivity index (χ4n) is 2.19. The molecule has 3 heteroatoms. The van der Waals surface area contributed by atoms with Gasteiger partial charge in [-0.3, -0.25) is 4.79 Å². The third-order valence-corrected chi connectivity index (χ3v) is 3.03. The van der Waals surface area contributed by atoms with Gasteiger partial charge >= 0.3 is 5.97 Å². The highest BCUT2D eigenvalue weighted by Crippen LogP contribution is 2.19. The Balaban J connectivity index is 2.27. The lowest BCUT2D eigenvalue weighted by atomic mass is 10.1. The smallest absolute Gasteiger partial charge is 0.303 e. The molecule has 2 aromatic rings. The Morgan fingerprint density at radius 1 is 1.33 bits per heavy atom. The standard InChI is InChI=1S/C15H19NO2/c1-11(2)10-16-8-7-13-5-3-12(9-14(13)16)4-6-15(17)18/h3,5,7-9,11H,4,6,10H2,1-2H3,(H,17,18). The van der Waals surface area contributed by atoms with Crippen LogP contribution in [-0.4, -0.2) is 15.6 Å². The van der Waals surface area contributed by atoms with Crippen LogP contribution in [0, 0.1) is 5.92 Å².